The van der Waals surface area contributed by atoms with Crippen LogP contribution in [0.1, 0.15) is 11.1 Å². The predicted octanol–water partition coefficient (Wildman–Crippen LogP) is 3.03. The molecule has 0 aliphatic rings. The first-order valence-electron chi connectivity index (χ1n) is 3.78. The fourth-order valence-corrected chi connectivity index (χ4v) is 1.16. The van der Waals surface area contributed by atoms with Gasteiger partial charge in [-0.2, -0.15) is 21.4 Å². The highest BCUT2D eigenvalue weighted by atomic mass is 32.1. The van der Waals surface area contributed by atoms with Crippen LogP contribution in [0.4, 0.5) is 8.78 Å². The zero-order valence-electron chi connectivity index (χ0n) is 7.13. The number of rotatable bonds is 3. The summed E-state index contributed by atoms with van der Waals surface area (Å²) >= 11 is 4.04. The van der Waals surface area contributed by atoms with Gasteiger partial charge in [0.05, 0.1) is 0 Å². The van der Waals surface area contributed by atoms with E-state index in [-0.39, 0.29) is 5.75 Å². The van der Waals surface area contributed by atoms with E-state index >= 15 is 0 Å². The van der Waals surface area contributed by atoms with E-state index in [4.69, 9.17) is 0 Å². The van der Waals surface area contributed by atoms with Gasteiger partial charge in [0.1, 0.15) is 5.75 Å². The summed E-state index contributed by atoms with van der Waals surface area (Å²) in [6, 6.07) is 5.15. The number of alkyl halides is 2. The normalized spacial score (nSPS) is 10.5. The quantitative estimate of drug-likeness (QED) is 0.744. The van der Waals surface area contributed by atoms with Gasteiger partial charge in [-0.1, -0.05) is 12.1 Å². The van der Waals surface area contributed by atoms with E-state index < -0.39 is 6.61 Å². The molecule has 0 spiro atoms. The van der Waals surface area contributed by atoms with Crippen LogP contribution in [0.15, 0.2) is 18.2 Å². The van der Waals surface area contributed by atoms with E-state index in [1.165, 1.54) is 0 Å². The van der Waals surface area contributed by atoms with Gasteiger partial charge in [-0.25, -0.2) is 0 Å². The van der Waals surface area contributed by atoms with Gasteiger partial charge in [-0.05, 0) is 24.1 Å². The Bertz CT molecular complexity index is 289. The molecule has 0 saturated carbocycles. The Morgan fingerprint density at radius 3 is 2.69 bits per heavy atom. The molecule has 72 valence electrons. The van der Waals surface area contributed by atoms with Crippen molar-refractivity contribution in [3.63, 3.8) is 0 Å². The number of halogens is 2. The van der Waals surface area contributed by atoms with Crippen molar-refractivity contribution in [1.29, 1.82) is 0 Å². The molecule has 0 aliphatic heterocycles. The van der Waals surface area contributed by atoms with Crippen molar-refractivity contribution in [2.24, 2.45) is 0 Å². The zero-order chi connectivity index (χ0) is 9.84. The van der Waals surface area contributed by atoms with Crippen LogP contribution in [-0.4, -0.2) is 6.61 Å². The summed E-state index contributed by atoms with van der Waals surface area (Å²) in [6.07, 6.45) is 0. The van der Waals surface area contributed by atoms with E-state index in [1.54, 1.807) is 19.1 Å². The minimum Gasteiger partial charge on any atom is -0.435 e. The summed E-state index contributed by atoms with van der Waals surface area (Å²) in [5, 5.41) is 0. The molecule has 0 N–H and O–H groups in total. The highest BCUT2D eigenvalue weighted by Crippen LogP contribution is 2.22. The molecular formula is C9H10F2OS. The van der Waals surface area contributed by atoms with Crippen LogP contribution in [0.25, 0.3) is 0 Å². The van der Waals surface area contributed by atoms with Gasteiger partial charge in [0.25, 0.3) is 0 Å². The van der Waals surface area contributed by atoms with Crippen molar-refractivity contribution < 1.29 is 13.5 Å². The summed E-state index contributed by atoms with van der Waals surface area (Å²) in [5.74, 6) is 0.737. The van der Waals surface area contributed by atoms with Gasteiger partial charge < -0.3 is 4.74 Å². The number of aryl methyl sites for hydroxylation is 1. The van der Waals surface area contributed by atoms with Gasteiger partial charge in [0.15, 0.2) is 0 Å². The molecule has 1 rings (SSSR count). The second-order valence-corrected chi connectivity index (χ2v) is 2.95. The van der Waals surface area contributed by atoms with Crippen LogP contribution in [0, 0.1) is 6.92 Å². The lowest BCUT2D eigenvalue weighted by atomic mass is 10.1. The van der Waals surface area contributed by atoms with Gasteiger partial charge in [-0.3, -0.25) is 0 Å². The Kier molecular flexibility index (Phi) is 3.54. The van der Waals surface area contributed by atoms with E-state index in [1.807, 2.05) is 6.07 Å². The molecule has 0 atom stereocenters. The molecule has 0 amide bonds. The standard InChI is InChI=1S/C9H10F2OS/c1-6-2-3-7(5-13)4-8(6)12-9(10)11/h2-4,9,13H,5H2,1H3. The van der Waals surface area contributed by atoms with E-state index in [2.05, 4.69) is 17.4 Å². The zero-order valence-corrected chi connectivity index (χ0v) is 8.02. The maximum absolute atomic E-state index is 11.9. The van der Waals surface area contributed by atoms with Gasteiger partial charge in [-0.15, -0.1) is 0 Å². The number of benzene rings is 1. The van der Waals surface area contributed by atoms with E-state index in [9.17, 15) is 8.78 Å². The first-order chi connectivity index (χ1) is 6.13. The van der Waals surface area contributed by atoms with Crippen LogP contribution < -0.4 is 4.74 Å². The summed E-state index contributed by atoms with van der Waals surface area (Å²) < 4.78 is 28.1. The summed E-state index contributed by atoms with van der Waals surface area (Å²) in [6.45, 7) is -1.05. The van der Waals surface area contributed by atoms with Crippen LogP contribution in [0.2, 0.25) is 0 Å². The molecule has 0 heterocycles. The maximum Gasteiger partial charge on any atom is 0.387 e. The molecule has 0 aromatic heterocycles. The monoisotopic (exact) mass is 204 g/mol. The predicted molar refractivity (Wildman–Crippen MR) is 50.5 cm³/mol. The minimum atomic E-state index is -2.77. The topological polar surface area (TPSA) is 9.23 Å². The first kappa shape index (κ1) is 10.3. The molecular weight excluding hydrogens is 194 g/mol. The van der Waals surface area contributed by atoms with Gasteiger partial charge in [0, 0.05) is 5.75 Å². The van der Waals surface area contributed by atoms with Crippen LogP contribution >= 0.6 is 12.6 Å². The highest BCUT2D eigenvalue weighted by Gasteiger charge is 2.07. The number of hydrogen-bond acceptors (Lipinski definition) is 2. The van der Waals surface area contributed by atoms with Crippen LogP contribution in [0.5, 0.6) is 5.75 Å². The SMILES string of the molecule is Cc1ccc(CS)cc1OC(F)F. The van der Waals surface area contributed by atoms with Crippen molar-refractivity contribution in [1.82, 2.24) is 0 Å². The molecule has 0 fully saturated rings. The van der Waals surface area contributed by atoms with Crippen molar-refractivity contribution >= 4 is 12.6 Å². The number of hydrogen-bond donors (Lipinski definition) is 1. The Morgan fingerprint density at radius 1 is 1.46 bits per heavy atom. The van der Waals surface area contributed by atoms with Gasteiger partial charge >= 0.3 is 6.61 Å². The third-order valence-electron chi connectivity index (χ3n) is 1.65. The molecule has 0 bridgehead atoms. The lowest BCUT2D eigenvalue weighted by molar-refractivity contribution is -0.0503. The van der Waals surface area contributed by atoms with E-state index in [0.29, 0.717) is 11.3 Å². The van der Waals surface area contributed by atoms with Crippen LogP contribution in [0.3, 0.4) is 0 Å². The van der Waals surface area contributed by atoms with Crippen molar-refractivity contribution in [3.05, 3.63) is 29.3 Å². The van der Waals surface area contributed by atoms with Crippen LogP contribution in [-0.2, 0) is 5.75 Å². The second-order valence-electron chi connectivity index (χ2n) is 2.64. The molecule has 4 heteroatoms. The second kappa shape index (κ2) is 4.46. The molecule has 1 aromatic carbocycles. The molecule has 1 nitrogen and oxygen atoms in total. The van der Waals surface area contributed by atoms with Crippen molar-refractivity contribution in [3.8, 4) is 5.75 Å². The third kappa shape index (κ3) is 2.88. The number of ether oxygens (including phenoxy) is 1. The number of thiol groups is 1. The molecule has 0 aliphatic carbocycles. The molecule has 0 saturated heterocycles. The fraction of sp³-hybridized carbons (Fsp3) is 0.333. The van der Waals surface area contributed by atoms with Crippen molar-refractivity contribution in [2.75, 3.05) is 0 Å². The summed E-state index contributed by atoms with van der Waals surface area (Å²) in [4.78, 5) is 0. The molecule has 0 unspecified atom stereocenters. The van der Waals surface area contributed by atoms with Gasteiger partial charge in [0.2, 0.25) is 0 Å². The highest BCUT2D eigenvalue weighted by molar-refractivity contribution is 7.79. The molecule has 0 radical (unpaired) electrons. The summed E-state index contributed by atoms with van der Waals surface area (Å²) in [5.41, 5.74) is 1.57. The lowest BCUT2D eigenvalue weighted by Crippen LogP contribution is -2.03. The van der Waals surface area contributed by atoms with Crippen molar-refractivity contribution in [2.45, 2.75) is 19.3 Å². The maximum atomic E-state index is 11.9. The first-order valence-corrected chi connectivity index (χ1v) is 4.42. The Hall–Kier alpha value is -0.770. The Labute approximate surface area is 81.1 Å². The minimum absolute atomic E-state index is 0.224. The molecule has 1 aromatic rings. The lowest BCUT2D eigenvalue weighted by Gasteiger charge is -2.08. The van der Waals surface area contributed by atoms with E-state index in [0.717, 1.165) is 5.56 Å². The summed E-state index contributed by atoms with van der Waals surface area (Å²) in [7, 11) is 0. The largest absolute Gasteiger partial charge is 0.435 e. The average Bonchev–Trinajstić information content (AvgIpc) is 2.08. The Morgan fingerprint density at radius 2 is 2.15 bits per heavy atom. The Balaban J connectivity index is 2.90. The fourth-order valence-electron chi connectivity index (χ4n) is 0.966. The molecule has 13 heavy (non-hydrogen) atoms. The third-order valence-corrected chi connectivity index (χ3v) is 2.02. The smallest absolute Gasteiger partial charge is 0.387 e. The average molecular weight is 204 g/mol.